The Labute approximate surface area is 109 Å². The molecule has 0 aromatic carbocycles. The van der Waals surface area contributed by atoms with Gasteiger partial charge < -0.3 is 14.5 Å². The van der Waals surface area contributed by atoms with Crippen LogP contribution in [0, 0.1) is 13.8 Å². The lowest BCUT2D eigenvalue weighted by Crippen LogP contribution is -2.32. The topological polar surface area (TPSA) is 51.5 Å². The van der Waals surface area contributed by atoms with E-state index in [9.17, 15) is 4.79 Å². The molecule has 4 nitrogen and oxygen atoms in total. The van der Waals surface area contributed by atoms with E-state index in [1.54, 1.807) is 0 Å². The smallest absolute Gasteiger partial charge is 0.320 e. The third-order valence-corrected chi connectivity index (χ3v) is 2.52. The molecule has 1 N–H and O–H groups in total. The Bertz CT molecular complexity index is 415. The normalized spacial score (nSPS) is 13.4. The minimum absolute atomic E-state index is 0.0648. The van der Waals surface area contributed by atoms with E-state index >= 15 is 0 Å². The zero-order valence-electron chi connectivity index (χ0n) is 12.1. The molecule has 0 saturated heterocycles. The maximum Gasteiger partial charge on any atom is 0.320 e. The van der Waals surface area contributed by atoms with Crippen molar-refractivity contribution in [3.05, 3.63) is 23.2 Å². The molecule has 0 amide bonds. The summed E-state index contributed by atoms with van der Waals surface area (Å²) < 4.78 is 10.7. The number of hydrogen-bond donors (Lipinski definition) is 1. The van der Waals surface area contributed by atoms with Crippen molar-refractivity contribution in [1.82, 2.24) is 5.32 Å². The number of esters is 1. The molecule has 4 heteroatoms. The molecule has 0 aliphatic rings. The van der Waals surface area contributed by atoms with Gasteiger partial charge in [-0.15, -0.1) is 0 Å². The molecule has 1 aromatic rings. The van der Waals surface area contributed by atoms with Gasteiger partial charge in [0, 0.05) is 11.6 Å². The fourth-order valence-corrected chi connectivity index (χ4v) is 1.80. The molecule has 0 aliphatic heterocycles. The predicted octanol–water partition coefficient (Wildman–Crippen LogP) is 2.89. The third-order valence-electron chi connectivity index (χ3n) is 2.52. The maximum absolute atomic E-state index is 11.6. The van der Waals surface area contributed by atoms with Gasteiger partial charge in [0.05, 0.1) is 6.54 Å². The summed E-state index contributed by atoms with van der Waals surface area (Å²) in [6.45, 7) is 11.6. The molecule has 0 saturated carbocycles. The van der Waals surface area contributed by atoms with Crippen LogP contribution in [-0.2, 0) is 9.53 Å². The van der Waals surface area contributed by atoms with Crippen molar-refractivity contribution in [3.63, 3.8) is 0 Å². The fraction of sp³-hybridized carbons (Fsp3) is 0.643. The first-order chi connectivity index (χ1) is 8.19. The molecule has 0 bridgehead atoms. The quantitative estimate of drug-likeness (QED) is 0.838. The zero-order chi connectivity index (χ0) is 13.9. The fourth-order valence-electron chi connectivity index (χ4n) is 1.80. The van der Waals surface area contributed by atoms with Crippen LogP contribution in [0.3, 0.4) is 0 Å². The predicted molar refractivity (Wildman–Crippen MR) is 70.4 cm³/mol. The summed E-state index contributed by atoms with van der Waals surface area (Å²) in [5.41, 5.74) is 0.639. The van der Waals surface area contributed by atoms with Crippen molar-refractivity contribution < 1.29 is 13.9 Å². The number of nitrogens with one attached hydrogen (secondary N) is 1. The van der Waals surface area contributed by atoms with Gasteiger partial charge in [-0.2, -0.15) is 0 Å². The Balaban J connectivity index is 2.49. The molecule has 102 valence electrons. The van der Waals surface area contributed by atoms with Gasteiger partial charge in [-0.05, 0) is 47.6 Å². The van der Waals surface area contributed by atoms with Crippen LogP contribution in [0.5, 0.6) is 0 Å². The molecule has 18 heavy (non-hydrogen) atoms. The van der Waals surface area contributed by atoms with Crippen molar-refractivity contribution in [2.24, 2.45) is 0 Å². The summed E-state index contributed by atoms with van der Waals surface area (Å²) in [6, 6.07) is 2.05. The van der Waals surface area contributed by atoms with Gasteiger partial charge in [0.25, 0.3) is 0 Å². The van der Waals surface area contributed by atoms with Gasteiger partial charge in [-0.25, -0.2) is 0 Å². The van der Waals surface area contributed by atoms with Crippen LogP contribution < -0.4 is 5.32 Å². The molecule has 0 radical (unpaired) electrons. The lowest BCUT2D eigenvalue weighted by Gasteiger charge is -2.20. The highest BCUT2D eigenvalue weighted by atomic mass is 16.6. The first-order valence-corrected chi connectivity index (χ1v) is 6.21. The number of aryl methyl sites for hydroxylation is 2. The maximum atomic E-state index is 11.6. The van der Waals surface area contributed by atoms with E-state index in [2.05, 4.69) is 5.32 Å². The number of carbonyl (C=O) groups excluding carboxylic acids is 1. The molecule has 0 spiro atoms. The number of rotatable bonds is 4. The first-order valence-electron chi connectivity index (χ1n) is 6.21. The van der Waals surface area contributed by atoms with Crippen molar-refractivity contribution in [3.8, 4) is 0 Å². The van der Waals surface area contributed by atoms with E-state index in [4.69, 9.17) is 9.15 Å². The van der Waals surface area contributed by atoms with Crippen LogP contribution in [0.4, 0.5) is 0 Å². The summed E-state index contributed by atoms with van der Waals surface area (Å²) in [6.07, 6.45) is 0. The Morgan fingerprint density at radius 2 is 2.06 bits per heavy atom. The van der Waals surface area contributed by atoms with Crippen LogP contribution in [0.25, 0.3) is 0 Å². The molecule has 1 unspecified atom stereocenters. The highest BCUT2D eigenvalue weighted by Crippen LogP contribution is 2.20. The average molecular weight is 253 g/mol. The molecule has 1 heterocycles. The second-order valence-corrected chi connectivity index (χ2v) is 5.56. The molecule has 0 fully saturated rings. The van der Waals surface area contributed by atoms with Gasteiger partial charge in [0.2, 0.25) is 0 Å². The highest BCUT2D eigenvalue weighted by Gasteiger charge is 2.18. The van der Waals surface area contributed by atoms with Crippen molar-refractivity contribution >= 4 is 5.97 Å². The summed E-state index contributed by atoms with van der Waals surface area (Å²) in [5.74, 6) is 1.53. The molecular weight excluding hydrogens is 230 g/mol. The summed E-state index contributed by atoms with van der Waals surface area (Å²) in [5, 5.41) is 3.14. The van der Waals surface area contributed by atoms with E-state index in [-0.39, 0.29) is 18.6 Å². The number of carbonyl (C=O) groups is 1. The highest BCUT2D eigenvalue weighted by molar-refractivity contribution is 5.72. The summed E-state index contributed by atoms with van der Waals surface area (Å²) in [4.78, 5) is 11.6. The Hall–Kier alpha value is -1.29. The number of hydrogen-bond acceptors (Lipinski definition) is 4. The molecule has 0 aliphatic carbocycles. The lowest BCUT2D eigenvalue weighted by atomic mass is 10.1. The van der Waals surface area contributed by atoms with E-state index in [1.807, 2.05) is 47.6 Å². The Morgan fingerprint density at radius 1 is 1.44 bits per heavy atom. The second kappa shape index (κ2) is 5.57. The molecule has 1 atom stereocenters. The second-order valence-electron chi connectivity index (χ2n) is 5.56. The minimum atomic E-state index is -0.440. The minimum Gasteiger partial charge on any atom is -0.466 e. The molecular formula is C14H23NO3. The van der Waals surface area contributed by atoms with Gasteiger partial charge in [0.15, 0.2) is 0 Å². The van der Waals surface area contributed by atoms with Gasteiger partial charge in [-0.1, -0.05) is 0 Å². The van der Waals surface area contributed by atoms with Crippen molar-refractivity contribution in [2.75, 3.05) is 6.54 Å². The van der Waals surface area contributed by atoms with Crippen LogP contribution in [0.15, 0.2) is 10.5 Å². The Kier molecular flexibility index (Phi) is 4.57. The van der Waals surface area contributed by atoms with E-state index < -0.39 is 5.60 Å². The zero-order valence-corrected chi connectivity index (χ0v) is 12.1. The lowest BCUT2D eigenvalue weighted by molar-refractivity contribution is -0.153. The standard InChI is InChI=1S/C14H23NO3/c1-9-7-12(11(3)17-9)10(2)15-8-13(16)18-14(4,5)6/h7,10,15H,8H2,1-6H3. The number of ether oxygens (including phenoxy) is 1. The first kappa shape index (κ1) is 14.8. The molecule has 1 aromatic heterocycles. The van der Waals surface area contributed by atoms with Crippen LogP contribution >= 0.6 is 0 Å². The third kappa shape index (κ3) is 4.53. The van der Waals surface area contributed by atoms with Gasteiger partial charge in [0.1, 0.15) is 17.1 Å². The summed E-state index contributed by atoms with van der Waals surface area (Å²) >= 11 is 0. The van der Waals surface area contributed by atoms with Crippen molar-refractivity contribution in [1.29, 1.82) is 0 Å². The SMILES string of the molecule is Cc1cc(C(C)NCC(=O)OC(C)(C)C)c(C)o1. The number of furan rings is 1. The van der Waals surface area contributed by atoms with Crippen LogP contribution in [0.2, 0.25) is 0 Å². The monoisotopic (exact) mass is 253 g/mol. The largest absolute Gasteiger partial charge is 0.466 e. The molecule has 1 rings (SSSR count). The average Bonchev–Trinajstić information content (AvgIpc) is 2.52. The van der Waals surface area contributed by atoms with Crippen LogP contribution in [0.1, 0.15) is 50.8 Å². The summed E-state index contributed by atoms with van der Waals surface area (Å²) in [7, 11) is 0. The Morgan fingerprint density at radius 3 is 2.50 bits per heavy atom. The van der Waals surface area contributed by atoms with E-state index in [1.165, 1.54) is 0 Å². The van der Waals surface area contributed by atoms with Gasteiger partial charge in [-0.3, -0.25) is 4.79 Å². The van der Waals surface area contributed by atoms with Crippen LogP contribution in [-0.4, -0.2) is 18.1 Å². The van der Waals surface area contributed by atoms with Gasteiger partial charge >= 0.3 is 5.97 Å². The van der Waals surface area contributed by atoms with Crippen molar-refractivity contribution in [2.45, 2.75) is 53.2 Å². The van der Waals surface area contributed by atoms with E-state index in [0.717, 1.165) is 17.1 Å². The van der Waals surface area contributed by atoms with E-state index in [0.29, 0.717) is 0 Å².